The van der Waals surface area contributed by atoms with Gasteiger partial charge >= 0.3 is 23.9 Å². The number of carbonyl (C=O) groups is 4. The van der Waals surface area contributed by atoms with Crippen LogP contribution in [0.1, 0.15) is 44.4 Å². The van der Waals surface area contributed by atoms with Gasteiger partial charge in [-0.25, -0.2) is 0 Å². The zero-order chi connectivity index (χ0) is 40.0. The first-order chi connectivity index (χ1) is 27.0. The van der Waals surface area contributed by atoms with E-state index in [4.69, 9.17) is 47.4 Å². The van der Waals surface area contributed by atoms with Gasteiger partial charge in [-0.2, -0.15) is 0 Å². The Balaban J connectivity index is 1.46. The molecule has 10 atom stereocenters. The molecule has 0 aliphatic carbocycles. The van der Waals surface area contributed by atoms with Crippen LogP contribution in [0.15, 0.2) is 91.0 Å². The average Bonchev–Trinajstić information content (AvgIpc) is 3.17. The summed E-state index contributed by atoms with van der Waals surface area (Å²) in [5.41, 5.74) is 2.57. The van der Waals surface area contributed by atoms with E-state index >= 15 is 0 Å². The molecule has 2 fully saturated rings. The maximum atomic E-state index is 12.4. The second-order valence-corrected chi connectivity index (χ2v) is 13.2. The summed E-state index contributed by atoms with van der Waals surface area (Å²) >= 11 is 0. The first kappa shape index (κ1) is 42.4. The molecule has 0 radical (unpaired) electrons. The Labute approximate surface area is 325 Å². The lowest BCUT2D eigenvalue weighted by atomic mass is 9.97. The molecule has 2 saturated heterocycles. The summed E-state index contributed by atoms with van der Waals surface area (Å²) in [7, 11) is 0. The SMILES string of the molecule is CC(=O)OC[C@H]1O[C@H](OC[C@H]2O[C@H](O)[C@H](OCc3ccccc3)[C@@H](OCc3ccccc3)[C@@H]2OCc2ccccc2)[C@H](OC(C)=O)[C@@H](OC(C)=O)[C@@H]1OC(C)=O. The highest BCUT2D eigenvalue weighted by atomic mass is 16.7. The van der Waals surface area contributed by atoms with Gasteiger partial charge in [-0.3, -0.25) is 19.2 Å². The van der Waals surface area contributed by atoms with Gasteiger partial charge in [0.25, 0.3) is 0 Å². The molecule has 0 spiro atoms. The van der Waals surface area contributed by atoms with E-state index in [0.29, 0.717) is 0 Å². The molecule has 56 heavy (non-hydrogen) atoms. The molecule has 15 heteroatoms. The molecule has 0 amide bonds. The Bertz CT molecular complexity index is 1690. The van der Waals surface area contributed by atoms with Gasteiger partial charge in [0.1, 0.15) is 37.1 Å². The third kappa shape index (κ3) is 12.4. The molecule has 0 unspecified atom stereocenters. The zero-order valence-electron chi connectivity index (χ0n) is 31.6. The fourth-order valence-electron chi connectivity index (χ4n) is 6.41. The number of esters is 4. The van der Waals surface area contributed by atoms with E-state index in [1.54, 1.807) is 0 Å². The Morgan fingerprint density at radius 1 is 0.482 bits per heavy atom. The van der Waals surface area contributed by atoms with Gasteiger partial charge in [-0.15, -0.1) is 0 Å². The summed E-state index contributed by atoms with van der Waals surface area (Å²) in [6, 6.07) is 28.3. The lowest BCUT2D eigenvalue weighted by Crippen LogP contribution is -2.64. The van der Waals surface area contributed by atoms with Crippen LogP contribution in [-0.2, 0) is 86.4 Å². The minimum absolute atomic E-state index is 0.122. The van der Waals surface area contributed by atoms with Crippen molar-refractivity contribution in [2.24, 2.45) is 0 Å². The summed E-state index contributed by atoms with van der Waals surface area (Å²) in [6.07, 6.45) is -12.5. The van der Waals surface area contributed by atoms with Crippen molar-refractivity contribution < 1.29 is 71.7 Å². The average molecular weight is 781 g/mol. The van der Waals surface area contributed by atoms with Gasteiger partial charge < -0.3 is 52.5 Å². The van der Waals surface area contributed by atoms with E-state index in [9.17, 15) is 24.3 Å². The van der Waals surface area contributed by atoms with Crippen molar-refractivity contribution in [2.45, 2.75) is 109 Å². The molecule has 302 valence electrons. The van der Waals surface area contributed by atoms with Crippen LogP contribution < -0.4 is 0 Å². The van der Waals surface area contributed by atoms with Crippen molar-refractivity contribution in [3.63, 3.8) is 0 Å². The number of rotatable bonds is 17. The number of aliphatic hydroxyl groups is 1. The van der Waals surface area contributed by atoms with E-state index in [2.05, 4.69) is 0 Å². The number of hydrogen-bond acceptors (Lipinski definition) is 15. The minimum Gasteiger partial charge on any atom is -0.463 e. The van der Waals surface area contributed by atoms with E-state index in [1.165, 1.54) is 6.92 Å². The lowest BCUT2D eigenvalue weighted by Gasteiger charge is -2.46. The standard InChI is InChI=1S/C41H48O15/c1-25(42)47-23-33-35(52-26(2)43)37(53-27(3)44)39(54-28(4)45)41(56-33)51-24-32-34(48-20-29-14-8-5-9-15-29)36(49-21-30-16-10-6-11-17-30)38(40(46)55-32)50-22-31-18-12-7-13-19-31/h5-19,32-41,46H,20-24H2,1-4H3/t32-,33-,34-,35-,36+,37+,38-,39-,40+,41+/m1/s1. The first-order valence-corrected chi connectivity index (χ1v) is 18.2. The number of hydrogen-bond donors (Lipinski definition) is 1. The Morgan fingerprint density at radius 3 is 1.39 bits per heavy atom. The number of ether oxygens (including phenoxy) is 10. The van der Waals surface area contributed by atoms with Gasteiger partial charge in [0.2, 0.25) is 0 Å². The Hall–Kier alpha value is -4.74. The molecule has 3 aromatic rings. The van der Waals surface area contributed by atoms with Crippen LogP contribution in [0.2, 0.25) is 0 Å². The molecule has 0 aromatic heterocycles. The van der Waals surface area contributed by atoms with E-state index in [0.717, 1.165) is 37.5 Å². The highest BCUT2D eigenvalue weighted by molar-refractivity contribution is 5.68. The summed E-state index contributed by atoms with van der Waals surface area (Å²) in [5, 5.41) is 11.5. The van der Waals surface area contributed by atoms with Gasteiger partial charge in [-0.05, 0) is 16.7 Å². The zero-order valence-corrected chi connectivity index (χ0v) is 31.6. The Morgan fingerprint density at radius 2 is 0.911 bits per heavy atom. The van der Waals surface area contributed by atoms with E-state index in [1.807, 2.05) is 91.0 Å². The van der Waals surface area contributed by atoms with Gasteiger partial charge in [0.05, 0.1) is 26.4 Å². The fraction of sp³-hybridized carbons (Fsp3) is 0.463. The summed E-state index contributed by atoms with van der Waals surface area (Å²) in [6.45, 7) is 4.16. The van der Waals surface area contributed by atoms with E-state index in [-0.39, 0.29) is 26.4 Å². The van der Waals surface area contributed by atoms with Gasteiger partial charge in [0, 0.05) is 27.7 Å². The van der Waals surface area contributed by atoms with Crippen LogP contribution in [0.4, 0.5) is 0 Å². The van der Waals surface area contributed by atoms with Crippen LogP contribution in [0.25, 0.3) is 0 Å². The normalized spacial score (nSPS) is 27.4. The summed E-state index contributed by atoms with van der Waals surface area (Å²) in [4.78, 5) is 48.7. The molecule has 3 aromatic carbocycles. The van der Waals surface area contributed by atoms with Crippen LogP contribution in [0.3, 0.4) is 0 Å². The topological polar surface area (TPSA) is 181 Å². The molecule has 5 rings (SSSR count). The molecule has 15 nitrogen and oxygen atoms in total. The quantitative estimate of drug-likeness (QED) is 0.155. The van der Waals surface area contributed by atoms with Crippen molar-refractivity contribution in [2.75, 3.05) is 13.2 Å². The maximum absolute atomic E-state index is 12.4. The predicted molar refractivity (Wildman–Crippen MR) is 194 cm³/mol. The van der Waals surface area contributed by atoms with Crippen LogP contribution in [0, 0.1) is 0 Å². The molecule has 0 saturated carbocycles. The molecule has 2 aliphatic heterocycles. The molecular formula is C41H48O15. The molecular weight excluding hydrogens is 732 g/mol. The maximum Gasteiger partial charge on any atom is 0.303 e. The molecule has 2 aliphatic rings. The number of benzene rings is 3. The van der Waals surface area contributed by atoms with Crippen LogP contribution in [-0.4, -0.2) is 104 Å². The van der Waals surface area contributed by atoms with Crippen molar-refractivity contribution in [3.05, 3.63) is 108 Å². The monoisotopic (exact) mass is 780 g/mol. The van der Waals surface area contributed by atoms with Crippen LogP contribution in [0.5, 0.6) is 0 Å². The Kier molecular flexibility index (Phi) is 15.9. The van der Waals surface area contributed by atoms with Crippen molar-refractivity contribution in [3.8, 4) is 0 Å². The van der Waals surface area contributed by atoms with Crippen molar-refractivity contribution in [1.82, 2.24) is 0 Å². The second-order valence-electron chi connectivity index (χ2n) is 13.2. The highest BCUT2D eigenvalue weighted by Gasteiger charge is 2.54. The van der Waals surface area contributed by atoms with Gasteiger partial charge in [0.15, 0.2) is 30.9 Å². The third-order valence-corrected chi connectivity index (χ3v) is 8.84. The summed E-state index contributed by atoms with van der Waals surface area (Å²) in [5.74, 6) is -3.00. The lowest BCUT2D eigenvalue weighted by molar-refractivity contribution is -0.339. The molecule has 0 bridgehead atoms. The number of carbonyl (C=O) groups excluding carboxylic acids is 4. The van der Waals surface area contributed by atoms with Crippen molar-refractivity contribution >= 4 is 23.9 Å². The minimum atomic E-state index is -1.53. The number of aliphatic hydroxyl groups excluding tert-OH is 1. The van der Waals surface area contributed by atoms with Crippen LogP contribution >= 0.6 is 0 Å². The largest absolute Gasteiger partial charge is 0.463 e. The highest BCUT2D eigenvalue weighted by Crippen LogP contribution is 2.33. The van der Waals surface area contributed by atoms with E-state index < -0.39 is 91.9 Å². The predicted octanol–water partition coefficient (Wildman–Crippen LogP) is 3.56. The third-order valence-electron chi connectivity index (χ3n) is 8.84. The smallest absolute Gasteiger partial charge is 0.303 e. The molecule has 1 N–H and O–H groups in total. The van der Waals surface area contributed by atoms with Gasteiger partial charge in [-0.1, -0.05) is 91.0 Å². The second kappa shape index (κ2) is 21.0. The van der Waals surface area contributed by atoms with Crippen molar-refractivity contribution in [1.29, 1.82) is 0 Å². The molecule has 2 heterocycles. The summed E-state index contributed by atoms with van der Waals surface area (Å²) < 4.78 is 59.7. The first-order valence-electron chi connectivity index (χ1n) is 18.2. The fourth-order valence-corrected chi connectivity index (χ4v) is 6.41.